The first-order valence-electron chi connectivity index (χ1n) is 10.3. The maximum Gasteiger partial charge on any atom is 0.323 e. The number of anilines is 1. The number of imidazole rings is 1. The summed E-state index contributed by atoms with van der Waals surface area (Å²) in [5.41, 5.74) is 1.92. The fourth-order valence-electron chi connectivity index (χ4n) is 3.36. The van der Waals surface area contributed by atoms with Gasteiger partial charge in [0.15, 0.2) is 10.8 Å². The second-order valence-corrected chi connectivity index (χ2v) is 10.5. The molecule has 0 aliphatic heterocycles. The van der Waals surface area contributed by atoms with Crippen LogP contribution in [0.1, 0.15) is 20.8 Å². The van der Waals surface area contributed by atoms with Crippen LogP contribution in [-0.2, 0) is 14.8 Å². The van der Waals surface area contributed by atoms with Gasteiger partial charge in [0.2, 0.25) is 15.9 Å². The number of nitrogens with one attached hydrogen (secondary N) is 3. The number of aromatic amines is 2. The summed E-state index contributed by atoms with van der Waals surface area (Å²) in [5, 5.41) is 10.9. The minimum atomic E-state index is -3.65. The lowest BCUT2D eigenvalue weighted by atomic mass is 10.2. The molecule has 174 valence electrons. The van der Waals surface area contributed by atoms with Gasteiger partial charge in [0, 0.05) is 25.0 Å². The molecule has 1 atom stereocenters. The van der Waals surface area contributed by atoms with E-state index in [1.54, 1.807) is 49.4 Å². The maximum absolute atomic E-state index is 12.9. The first kappa shape index (κ1) is 23.0. The molecular weight excluding hydrogens is 466 g/mol. The molecule has 0 spiro atoms. The van der Waals surface area contributed by atoms with Gasteiger partial charge in [-0.1, -0.05) is 25.6 Å². The fraction of sp³-hybridized carbons (Fsp3) is 0.300. The normalized spacial score (nSPS) is 13.1. The summed E-state index contributed by atoms with van der Waals surface area (Å²) < 4.78 is 28.7. The second-order valence-electron chi connectivity index (χ2n) is 7.25. The van der Waals surface area contributed by atoms with Crippen molar-refractivity contribution in [3.8, 4) is 0 Å². The van der Waals surface area contributed by atoms with Crippen molar-refractivity contribution in [2.45, 2.75) is 36.1 Å². The molecule has 13 heteroatoms. The van der Waals surface area contributed by atoms with Crippen molar-refractivity contribution >= 4 is 50.1 Å². The van der Waals surface area contributed by atoms with Gasteiger partial charge in [-0.25, -0.2) is 13.2 Å². The Hall–Kier alpha value is -3.16. The van der Waals surface area contributed by atoms with E-state index < -0.39 is 15.3 Å². The molecule has 4 rings (SSSR count). The molecule has 33 heavy (non-hydrogen) atoms. The van der Waals surface area contributed by atoms with E-state index in [-0.39, 0.29) is 16.5 Å². The molecule has 1 amide bonds. The van der Waals surface area contributed by atoms with E-state index in [0.717, 1.165) is 11.8 Å². The summed E-state index contributed by atoms with van der Waals surface area (Å²) in [7, 11) is -3.65. The molecule has 3 heterocycles. The van der Waals surface area contributed by atoms with Crippen molar-refractivity contribution in [1.82, 2.24) is 28.9 Å². The number of H-pyrrole nitrogens is 2. The monoisotopic (exact) mass is 489 g/mol. The van der Waals surface area contributed by atoms with Crippen LogP contribution in [-0.4, -0.2) is 61.5 Å². The number of sulfonamides is 1. The number of nitrogens with zero attached hydrogens (tertiary/aromatic N) is 4. The third-order valence-electron chi connectivity index (χ3n) is 5.12. The third-order valence-corrected chi connectivity index (χ3v) is 8.21. The van der Waals surface area contributed by atoms with Crippen molar-refractivity contribution in [3.05, 3.63) is 47.0 Å². The molecule has 4 aromatic rings. The highest BCUT2D eigenvalue weighted by Gasteiger charge is 2.24. The van der Waals surface area contributed by atoms with Crippen LogP contribution in [0.5, 0.6) is 0 Å². The van der Waals surface area contributed by atoms with Crippen LogP contribution in [0.25, 0.3) is 16.7 Å². The minimum absolute atomic E-state index is 0.131. The molecule has 1 aromatic carbocycles. The number of benzene rings is 1. The van der Waals surface area contributed by atoms with Crippen LogP contribution in [0.2, 0.25) is 0 Å². The number of rotatable bonds is 8. The van der Waals surface area contributed by atoms with Gasteiger partial charge in [-0.2, -0.15) is 4.31 Å². The maximum atomic E-state index is 12.9. The Morgan fingerprint density at radius 1 is 1.15 bits per heavy atom. The summed E-state index contributed by atoms with van der Waals surface area (Å²) in [4.78, 5) is 29.6. The standard InChI is InChI=1S/C20H23N7O4S2/c1-4-26(5-2)33(30,31)14-7-9-17-24-25-20(27(17)11-14)32-12(3)18(28)21-13-6-8-15-16(10-13)23-19(29)22-15/h6-12H,4-5H2,1-3H3,(H,21,28)(H2,22,23,29)/t12-/m0/s1. The highest BCUT2D eigenvalue weighted by Crippen LogP contribution is 2.25. The molecule has 11 nitrogen and oxygen atoms in total. The van der Waals surface area contributed by atoms with Gasteiger partial charge in [0.25, 0.3) is 0 Å². The molecular formula is C20H23N7O4S2. The minimum Gasteiger partial charge on any atom is -0.325 e. The van der Waals surface area contributed by atoms with Gasteiger partial charge < -0.3 is 15.3 Å². The quantitative estimate of drug-likeness (QED) is 0.321. The highest BCUT2D eigenvalue weighted by molar-refractivity contribution is 8.00. The third kappa shape index (κ3) is 4.51. The summed E-state index contributed by atoms with van der Waals surface area (Å²) in [5.74, 6) is -0.277. The van der Waals surface area contributed by atoms with Gasteiger partial charge in [0.1, 0.15) is 0 Å². The molecule has 0 aliphatic rings. The van der Waals surface area contributed by atoms with E-state index in [1.807, 2.05) is 0 Å². The molecule has 0 aliphatic carbocycles. The summed E-state index contributed by atoms with van der Waals surface area (Å²) in [6.45, 7) is 6.01. The summed E-state index contributed by atoms with van der Waals surface area (Å²) >= 11 is 1.16. The number of carbonyl (C=O) groups excluding carboxylic acids is 1. The van der Waals surface area contributed by atoms with Crippen LogP contribution < -0.4 is 11.0 Å². The predicted octanol–water partition coefficient (Wildman–Crippen LogP) is 2.05. The van der Waals surface area contributed by atoms with E-state index in [4.69, 9.17) is 0 Å². The number of pyridine rings is 1. The zero-order chi connectivity index (χ0) is 23.8. The summed E-state index contributed by atoms with van der Waals surface area (Å²) in [6.07, 6.45) is 1.48. The second kappa shape index (κ2) is 9.00. The molecule has 0 saturated heterocycles. The average molecular weight is 490 g/mol. The molecule has 0 fully saturated rings. The van der Waals surface area contributed by atoms with Crippen molar-refractivity contribution in [1.29, 1.82) is 0 Å². The average Bonchev–Trinajstić information content (AvgIpc) is 3.35. The topological polar surface area (TPSA) is 145 Å². The summed E-state index contributed by atoms with van der Waals surface area (Å²) in [6, 6.07) is 8.15. The van der Waals surface area contributed by atoms with Gasteiger partial charge >= 0.3 is 5.69 Å². The largest absolute Gasteiger partial charge is 0.325 e. The van der Waals surface area contributed by atoms with E-state index in [0.29, 0.717) is 40.6 Å². The molecule has 3 N–H and O–H groups in total. The lowest BCUT2D eigenvalue weighted by molar-refractivity contribution is -0.115. The Balaban J connectivity index is 1.54. The van der Waals surface area contributed by atoms with Gasteiger partial charge in [-0.05, 0) is 37.3 Å². The van der Waals surface area contributed by atoms with Crippen molar-refractivity contribution in [2.24, 2.45) is 0 Å². The van der Waals surface area contributed by atoms with E-state index >= 15 is 0 Å². The smallest absolute Gasteiger partial charge is 0.323 e. The zero-order valence-corrected chi connectivity index (χ0v) is 19.8. The Morgan fingerprint density at radius 2 is 1.88 bits per heavy atom. The SMILES string of the molecule is CCN(CC)S(=O)(=O)c1ccc2nnc(S[C@@H](C)C(=O)Nc3ccc4[nH]c(=O)[nH]c4c3)n2c1. The number of carbonyl (C=O) groups is 1. The molecule has 0 radical (unpaired) electrons. The highest BCUT2D eigenvalue weighted by atomic mass is 32.2. The lowest BCUT2D eigenvalue weighted by Gasteiger charge is -2.18. The first-order chi connectivity index (χ1) is 15.7. The number of hydrogen-bond acceptors (Lipinski definition) is 7. The van der Waals surface area contributed by atoms with E-state index in [1.165, 1.54) is 16.6 Å². The molecule has 0 unspecified atom stereocenters. The first-order valence-corrected chi connectivity index (χ1v) is 12.6. The van der Waals surface area contributed by atoms with Crippen LogP contribution in [0.15, 0.2) is 51.4 Å². The van der Waals surface area contributed by atoms with E-state index in [2.05, 4.69) is 25.5 Å². The van der Waals surface area contributed by atoms with E-state index in [9.17, 15) is 18.0 Å². The van der Waals surface area contributed by atoms with Gasteiger partial charge in [-0.15, -0.1) is 10.2 Å². The van der Waals surface area contributed by atoms with Gasteiger partial charge in [-0.3, -0.25) is 9.20 Å². The fourth-order valence-corrected chi connectivity index (χ4v) is 5.65. The van der Waals surface area contributed by atoms with Crippen LogP contribution in [0.4, 0.5) is 5.69 Å². The van der Waals surface area contributed by atoms with Crippen LogP contribution in [0, 0.1) is 0 Å². The Kier molecular flexibility index (Phi) is 6.28. The Labute approximate surface area is 193 Å². The van der Waals surface area contributed by atoms with Crippen LogP contribution >= 0.6 is 11.8 Å². The lowest BCUT2D eigenvalue weighted by Crippen LogP contribution is -2.30. The van der Waals surface area contributed by atoms with Crippen molar-refractivity contribution in [2.75, 3.05) is 18.4 Å². The number of thioether (sulfide) groups is 1. The van der Waals surface area contributed by atoms with Crippen molar-refractivity contribution < 1.29 is 13.2 Å². The number of fused-ring (bicyclic) bond motifs is 2. The molecule has 3 aromatic heterocycles. The van der Waals surface area contributed by atoms with Crippen molar-refractivity contribution in [3.63, 3.8) is 0 Å². The molecule has 0 saturated carbocycles. The zero-order valence-electron chi connectivity index (χ0n) is 18.2. The van der Waals surface area contributed by atoms with Gasteiger partial charge in [0.05, 0.1) is 21.2 Å². The molecule has 0 bridgehead atoms. The Bertz CT molecular complexity index is 1490. The number of amides is 1. The number of hydrogen-bond donors (Lipinski definition) is 3. The van der Waals surface area contributed by atoms with Crippen LogP contribution in [0.3, 0.4) is 0 Å². The Morgan fingerprint density at radius 3 is 2.61 bits per heavy atom. The predicted molar refractivity (Wildman–Crippen MR) is 126 cm³/mol. The number of aromatic nitrogens is 5.